The minimum atomic E-state index is -2.94. The van der Waals surface area contributed by atoms with E-state index in [0.29, 0.717) is 13.0 Å². The Kier molecular flexibility index (Phi) is 4.68. The number of nitrogens with zero attached hydrogens (tertiary/aromatic N) is 1. The van der Waals surface area contributed by atoms with Crippen molar-refractivity contribution >= 4 is 9.84 Å². The quantitative estimate of drug-likeness (QED) is 0.843. The SMILES string of the molecule is CCCS(=O)(=O)CCn1cc2c(c1)C(O)CCCC2. The molecule has 5 heteroatoms. The maximum absolute atomic E-state index is 11.7. The molecule has 0 spiro atoms. The number of aliphatic hydroxyl groups is 1. The van der Waals surface area contributed by atoms with E-state index in [4.69, 9.17) is 0 Å². The van der Waals surface area contributed by atoms with E-state index in [2.05, 4.69) is 0 Å². The van der Waals surface area contributed by atoms with Gasteiger partial charge < -0.3 is 9.67 Å². The molecule has 0 amide bonds. The van der Waals surface area contributed by atoms with Gasteiger partial charge in [-0.3, -0.25) is 0 Å². The average Bonchev–Trinajstić information content (AvgIpc) is 2.68. The summed E-state index contributed by atoms with van der Waals surface area (Å²) in [6.07, 6.45) is 8.17. The lowest BCUT2D eigenvalue weighted by Gasteiger charge is -2.07. The smallest absolute Gasteiger partial charge is 0.152 e. The Labute approximate surface area is 115 Å². The largest absolute Gasteiger partial charge is 0.388 e. The number of rotatable bonds is 5. The lowest BCUT2D eigenvalue weighted by atomic mass is 10.1. The zero-order valence-corrected chi connectivity index (χ0v) is 12.3. The van der Waals surface area contributed by atoms with Gasteiger partial charge in [-0.25, -0.2) is 8.42 Å². The normalized spacial score (nSPS) is 20.0. The van der Waals surface area contributed by atoms with Gasteiger partial charge in [0.05, 0.1) is 11.9 Å². The number of hydrogen-bond acceptors (Lipinski definition) is 3. The fourth-order valence-corrected chi connectivity index (χ4v) is 3.99. The first-order valence-corrected chi connectivity index (χ1v) is 8.91. The van der Waals surface area contributed by atoms with E-state index < -0.39 is 9.84 Å². The molecule has 1 N–H and O–H groups in total. The Morgan fingerprint density at radius 3 is 2.84 bits per heavy atom. The molecule has 2 rings (SSSR count). The maximum atomic E-state index is 11.7. The molecule has 19 heavy (non-hydrogen) atoms. The van der Waals surface area contributed by atoms with Crippen LogP contribution in [0.15, 0.2) is 12.4 Å². The number of fused-ring (bicyclic) bond motifs is 1. The molecule has 1 unspecified atom stereocenters. The summed E-state index contributed by atoms with van der Waals surface area (Å²) in [6.45, 7) is 2.37. The van der Waals surface area contributed by atoms with Crippen LogP contribution in [-0.2, 0) is 22.8 Å². The number of aryl methyl sites for hydroxylation is 2. The molecule has 0 aromatic carbocycles. The highest BCUT2D eigenvalue weighted by Gasteiger charge is 2.19. The molecule has 1 atom stereocenters. The minimum Gasteiger partial charge on any atom is -0.388 e. The van der Waals surface area contributed by atoms with Gasteiger partial charge in [-0.2, -0.15) is 0 Å². The molecule has 108 valence electrons. The molecule has 0 bridgehead atoms. The van der Waals surface area contributed by atoms with Crippen molar-refractivity contribution in [2.45, 2.75) is 51.7 Å². The summed E-state index contributed by atoms with van der Waals surface area (Å²) in [6, 6.07) is 0. The Bertz CT molecular complexity index is 519. The van der Waals surface area contributed by atoms with E-state index in [1.807, 2.05) is 23.9 Å². The molecule has 1 aromatic heterocycles. The van der Waals surface area contributed by atoms with Crippen LogP contribution in [-0.4, -0.2) is 29.6 Å². The zero-order valence-electron chi connectivity index (χ0n) is 11.5. The predicted octanol–water partition coefficient (Wildman–Crippen LogP) is 2.07. The fourth-order valence-electron chi connectivity index (χ4n) is 2.68. The Balaban J connectivity index is 2.05. The summed E-state index contributed by atoms with van der Waals surface area (Å²) >= 11 is 0. The van der Waals surface area contributed by atoms with Gasteiger partial charge in [0.15, 0.2) is 9.84 Å². The van der Waals surface area contributed by atoms with E-state index in [9.17, 15) is 13.5 Å². The lowest BCUT2D eigenvalue weighted by molar-refractivity contribution is 0.166. The van der Waals surface area contributed by atoms with E-state index >= 15 is 0 Å². The molecule has 1 aliphatic rings. The minimum absolute atomic E-state index is 0.185. The molecule has 0 fully saturated rings. The molecular formula is C14H23NO3S. The van der Waals surface area contributed by atoms with Crippen molar-refractivity contribution in [3.63, 3.8) is 0 Å². The summed E-state index contributed by atoms with van der Waals surface area (Å²) in [5.74, 6) is 0.446. The van der Waals surface area contributed by atoms with E-state index in [-0.39, 0.29) is 17.6 Å². The molecule has 4 nitrogen and oxygen atoms in total. The van der Waals surface area contributed by atoms with Crippen LogP contribution in [0.2, 0.25) is 0 Å². The van der Waals surface area contributed by atoms with Gasteiger partial charge in [0, 0.05) is 30.3 Å². The van der Waals surface area contributed by atoms with Crippen molar-refractivity contribution in [1.82, 2.24) is 4.57 Å². The highest BCUT2D eigenvalue weighted by Crippen LogP contribution is 2.29. The number of sulfone groups is 1. The van der Waals surface area contributed by atoms with E-state index in [0.717, 1.165) is 31.2 Å². The third kappa shape index (κ3) is 3.83. The van der Waals surface area contributed by atoms with Gasteiger partial charge >= 0.3 is 0 Å². The van der Waals surface area contributed by atoms with Crippen molar-refractivity contribution in [2.75, 3.05) is 11.5 Å². The Morgan fingerprint density at radius 2 is 2.11 bits per heavy atom. The van der Waals surface area contributed by atoms with Crippen LogP contribution in [0.1, 0.15) is 49.8 Å². The molecule has 1 heterocycles. The molecule has 1 aromatic rings. The third-order valence-corrected chi connectivity index (χ3v) is 5.54. The first-order chi connectivity index (χ1) is 9.02. The highest BCUT2D eigenvalue weighted by molar-refractivity contribution is 7.91. The van der Waals surface area contributed by atoms with Crippen LogP contribution in [0.5, 0.6) is 0 Å². The topological polar surface area (TPSA) is 59.3 Å². The van der Waals surface area contributed by atoms with Gasteiger partial charge in [-0.15, -0.1) is 0 Å². The molecule has 0 aliphatic heterocycles. The number of hydrogen-bond donors (Lipinski definition) is 1. The van der Waals surface area contributed by atoms with E-state index in [1.54, 1.807) is 0 Å². The van der Waals surface area contributed by atoms with Crippen LogP contribution in [0, 0.1) is 0 Å². The first kappa shape index (κ1) is 14.6. The second-order valence-corrected chi connectivity index (χ2v) is 7.69. The van der Waals surface area contributed by atoms with Crippen LogP contribution in [0.3, 0.4) is 0 Å². The van der Waals surface area contributed by atoms with Gasteiger partial charge in [0.2, 0.25) is 0 Å². The Morgan fingerprint density at radius 1 is 1.32 bits per heavy atom. The standard InChI is InChI=1S/C14H23NO3S/c1-2-8-19(17,18)9-7-15-10-12-5-3-4-6-14(16)13(12)11-15/h10-11,14,16H,2-9H2,1H3. The third-order valence-electron chi connectivity index (χ3n) is 3.71. The van der Waals surface area contributed by atoms with Crippen molar-refractivity contribution < 1.29 is 13.5 Å². The van der Waals surface area contributed by atoms with Gasteiger partial charge in [0.25, 0.3) is 0 Å². The van der Waals surface area contributed by atoms with Crippen molar-refractivity contribution in [2.24, 2.45) is 0 Å². The summed E-state index contributed by atoms with van der Waals surface area (Å²) < 4.78 is 25.3. The monoisotopic (exact) mass is 285 g/mol. The Hall–Kier alpha value is -0.810. The van der Waals surface area contributed by atoms with Crippen LogP contribution >= 0.6 is 0 Å². The van der Waals surface area contributed by atoms with Crippen molar-refractivity contribution in [3.05, 3.63) is 23.5 Å². The summed E-state index contributed by atoms with van der Waals surface area (Å²) in [7, 11) is -2.94. The molecular weight excluding hydrogens is 262 g/mol. The zero-order chi connectivity index (χ0) is 13.9. The van der Waals surface area contributed by atoms with E-state index in [1.165, 1.54) is 5.56 Å². The van der Waals surface area contributed by atoms with Gasteiger partial charge in [-0.1, -0.05) is 13.3 Å². The highest BCUT2D eigenvalue weighted by atomic mass is 32.2. The van der Waals surface area contributed by atoms with Gasteiger partial charge in [-0.05, 0) is 31.2 Å². The molecule has 0 saturated heterocycles. The average molecular weight is 285 g/mol. The number of aromatic nitrogens is 1. The predicted molar refractivity (Wildman–Crippen MR) is 75.9 cm³/mol. The molecule has 0 radical (unpaired) electrons. The van der Waals surface area contributed by atoms with Crippen molar-refractivity contribution in [3.8, 4) is 0 Å². The number of aliphatic hydroxyl groups excluding tert-OH is 1. The molecule has 1 aliphatic carbocycles. The van der Waals surface area contributed by atoms with Crippen molar-refractivity contribution in [1.29, 1.82) is 0 Å². The summed E-state index contributed by atoms with van der Waals surface area (Å²) in [5, 5.41) is 10.0. The lowest BCUT2D eigenvalue weighted by Crippen LogP contribution is -2.15. The molecule has 0 saturated carbocycles. The van der Waals surface area contributed by atoms with Crippen LogP contribution in [0.4, 0.5) is 0 Å². The summed E-state index contributed by atoms with van der Waals surface area (Å²) in [4.78, 5) is 0. The van der Waals surface area contributed by atoms with Crippen LogP contribution < -0.4 is 0 Å². The van der Waals surface area contributed by atoms with Gasteiger partial charge in [0.1, 0.15) is 0 Å². The second-order valence-electron chi connectivity index (χ2n) is 5.39. The maximum Gasteiger partial charge on any atom is 0.152 e. The second kappa shape index (κ2) is 6.09. The fraction of sp³-hybridized carbons (Fsp3) is 0.714. The summed E-state index contributed by atoms with van der Waals surface area (Å²) in [5.41, 5.74) is 2.17. The first-order valence-electron chi connectivity index (χ1n) is 7.09. The van der Waals surface area contributed by atoms with Crippen LogP contribution in [0.25, 0.3) is 0 Å².